The van der Waals surface area contributed by atoms with Gasteiger partial charge in [-0.2, -0.15) is 0 Å². The van der Waals surface area contributed by atoms with E-state index in [4.69, 9.17) is 16.7 Å². The topological polar surface area (TPSA) is 66.4 Å². The Balaban J connectivity index is 2.23. The van der Waals surface area contributed by atoms with Crippen LogP contribution in [-0.4, -0.2) is 13.5 Å². The van der Waals surface area contributed by atoms with Crippen molar-refractivity contribution in [3.63, 3.8) is 0 Å². The normalized spacial score (nSPS) is 11.3. The smallest absolute Gasteiger partial charge is 0.261 e. The highest BCUT2D eigenvalue weighted by Crippen LogP contribution is 2.18. The number of benzene rings is 2. The highest BCUT2D eigenvalue weighted by molar-refractivity contribution is 7.92. The molecule has 2 aromatic rings. The van der Waals surface area contributed by atoms with Crippen LogP contribution < -0.4 is 4.72 Å². The number of aliphatic hydroxyl groups excluding tert-OH is 1. The Hall–Kier alpha value is -1.56. The van der Waals surface area contributed by atoms with E-state index < -0.39 is 10.0 Å². The van der Waals surface area contributed by atoms with Gasteiger partial charge < -0.3 is 5.11 Å². The van der Waals surface area contributed by atoms with Crippen molar-refractivity contribution >= 4 is 27.3 Å². The zero-order valence-corrected chi connectivity index (χ0v) is 11.4. The standard InChI is InChI=1S/C13H12ClNO3S/c14-11-3-7-13(8-4-11)19(17,18)15-12-5-1-10(9-16)2-6-12/h1-8,15-16H,9H2. The fourth-order valence-electron chi connectivity index (χ4n) is 1.51. The third-order valence-electron chi connectivity index (χ3n) is 2.51. The van der Waals surface area contributed by atoms with Crippen LogP contribution in [0, 0.1) is 0 Å². The molecule has 0 aliphatic carbocycles. The summed E-state index contributed by atoms with van der Waals surface area (Å²) in [7, 11) is -3.62. The van der Waals surface area contributed by atoms with Crippen molar-refractivity contribution in [1.82, 2.24) is 0 Å². The van der Waals surface area contributed by atoms with Crippen LogP contribution in [0.1, 0.15) is 5.56 Å². The number of nitrogens with one attached hydrogen (secondary N) is 1. The Morgan fingerprint density at radius 1 is 1.00 bits per heavy atom. The zero-order valence-electron chi connectivity index (χ0n) is 9.88. The fourth-order valence-corrected chi connectivity index (χ4v) is 2.69. The molecule has 2 aromatic carbocycles. The summed E-state index contributed by atoms with van der Waals surface area (Å²) < 4.78 is 26.6. The van der Waals surface area contributed by atoms with Crippen LogP contribution in [-0.2, 0) is 16.6 Å². The van der Waals surface area contributed by atoms with Gasteiger partial charge in [0.25, 0.3) is 10.0 Å². The number of aliphatic hydroxyl groups is 1. The number of halogens is 1. The lowest BCUT2D eigenvalue weighted by molar-refractivity contribution is 0.282. The van der Waals surface area contributed by atoms with Crippen molar-refractivity contribution in [3.05, 3.63) is 59.1 Å². The molecule has 0 atom stereocenters. The highest BCUT2D eigenvalue weighted by atomic mass is 35.5. The van der Waals surface area contributed by atoms with Crippen LogP contribution in [0.5, 0.6) is 0 Å². The summed E-state index contributed by atoms with van der Waals surface area (Å²) in [5.74, 6) is 0. The average Bonchev–Trinajstić information content (AvgIpc) is 2.40. The largest absolute Gasteiger partial charge is 0.392 e. The molecular formula is C13H12ClNO3S. The zero-order chi connectivity index (χ0) is 13.9. The van der Waals surface area contributed by atoms with Crippen LogP contribution in [0.15, 0.2) is 53.4 Å². The second-order valence-corrected chi connectivity index (χ2v) is 6.03. The van der Waals surface area contributed by atoms with E-state index in [9.17, 15) is 8.42 Å². The van der Waals surface area contributed by atoms with Gasteiger partial charge in [0.1, 0.15) is 0 Å². The van der Waals surface area contributed by atoms with Gasteiger partial charge in [-0.25, -0.2) is 8.42 Å². The van der Waals surface area contributed by atoms with Gasteiger partial charge in [0.05, 0.1) is 11.5 Å². The molecule has 19 heavy (non-hydrogen) atoms. The maximum Gasteiger partial charge on any atom is 0.261 e. The van der Waals surface area contributed by atoms with E-state index in [2.05, 4.69) is 4.72 Å². The van der Waals surface area contributed by atoms with Gasteiger partial charge in [0.15, 0.2) is 0 Å². The minimum absolute atomic E-state index is 0.0792. The molecular weight excluding hydrogens is 286 g/mol. The van der Waals surface area contributed by atoms with Gasteiger partial charge in [0, 0.05) is 10.7 Å². The number of rotatable bonds is 4. The van der Waals surface area contributed by atoms with E-state index in [-0.39, 0.29) is 11.5 Å². The molecule has 2 rings (SSSR count). The predicted molar refractivity (Wildman–Crippen MR) is 74.6 cm³/mol. The first-order chi connectivity index (χ1) is 9.01. The summed E-state index contributed by atoms with van der Waals surface area (Å²) in [4.78, 5) is 0.142. The Labute approximate surface area is 116 Å². The number of hydrogen-bond acceptors (Lipinski definition) is 3. The lowest BCUT2D eigenvalue weighted by Crippen LogP contribution is -2.12. The van der Waals surface area contributed by atoms with Crippen molar-refractivity contribution in [3.8, 4) is 0 Å². The molecule has 0 heterocycles. The van der Waals surface area contributed by atoms with Crippen molar-refractivity contribution < 1.29 is 13.5 Å². The Bertz CT molecular complexity index is 651. The highest BCUT2D eigenvalue weighted by Gasteiger charge is 2.13. The van der Waals surface area contributed by atoms with E-state index >= 15 is 0 Å². The lowest BCUT2D eigenvalue weighted by atomic mass is 10.2. The first-order valence-corrected chi connectivity index (χ1v) is 7.35. The maximum absolute atomic E-state index is 12.1. The van der Waals surface area contributed by atoms with Crippen LogP contribution in [0.4, 0.5) is 5.69 Å². The van der Waals surface area contributed by atoms with Crippen molar-refractivity contribution in [2.75, 3.05) is 4.72 Å². The number of anilines is 1. The Morgan fingerprint density at radius 2 is 1.58 bits per heavy atom. The number of sulfonamides is 1. The van der Waals surface area contributed by atoms with E-state index in [0.717, 1.165) is 5.56 Å². The fraction of sp³-hybridized carbons (Fsp3) is 0.0769. The van der Waals surface area contributed by atoms with Gasteiger partial charge in [0.2, 0.25) is 0 Å². The van der Waals surface area contributed by atoms with Crippen molar-refractivity contribution in [2.24, 2.45) is 0 Å². The second-order valence-electron chi connectivity index (χ2n) is 3.91. The Kier molecular flexibility index (Phi) is 4.09. The first kappa shape index (κ1) is 13.9. The maximum atomic E-state index is 12.1. The molecule has 0 aliphatic rings. The summed E-state index contributed by atoms with van der Waals surface area (Å²) >= 11 is 5.72. The molecule has 0 bridgehead atoms. The Morgan fingerprint density at radius 3 is 2.11 bits per heavy atom. The van der Waals surface area contributed by atoms with Crippen molar-refractivity contribution in [2.45, 2.75) is 11.5 Å². The van der Waals surface area contributed by atoms with E-state index in [1.54, 1.807) is 24.3 Å². The van der Waals surface area contributed by atoms with Crippen LogP contribution in [0.25, 0.3) is 0 Å². The molecule has 0 saturated carbocycles. The van der Waals surface area contributed by atoms with Crippen LogP contribution in [0.2, 0.25) is 5.02 Å². The molecule has 0 fully saturated rings. The van der Waals surface area contributed by atoms with Gasteiger partial charge in [-0.05, 0) is 42.0 Å². The molecule has 6 heteroatoms. The summed E-state index contributed by atoms with van der Waals surface area (Å²) in [5, 5.41) is 9.39. The molecule has 0 aliphatic heterocycles. The van der Waals surface area contributed by atoms with E-state index in [0.29, 0.717) is 10.7 Å². The second kappa shape index (κ2) is 5.61. The molecule has 0 spiro atoms. The monoisotopic (exact) mass is 297 g/mol. The predicted octanol–water partition coefficient (Wildman–Crippen LogP) is 2.63. The third kappa shape index (κ3) is 3.47. The van der Waals surface area contributed by atoms with Gasteiger partial charge in [-0.1, -0.05) is 23.7 Å². The summed E-state index contributed by atoms with van der Waals surface area (Å²) in [5.41, 5.74) is 1.15. The summed E-state index contributed by atoms with van der Waals surface area (Å²) in [6.45, 7) is -0.0792. The van der Waals surface area contributed by atoms with E-state index in [1.807, 2.05) is 0 Å². The molecule has 4 nitrogen and oxygen atoms in total. The quantitative estimate of drug-likeness (QED) is 0.911. The lowest BCUT2D eigenvalue weighted by Gasteiger charge is -2.08. The van der Waals surface area contributed by atoms with Gasteiger partial charge >= 0.3 is 0 Å². The SMILES string of the molecule is O=S(=O)(Nc1ccc(CO)cc1)c1ccc(Cl)cc1. The molecule has 0 saturated heterocycles. The number of hydrogen-bond donors (Lipinski definition) is 2. The first-order valence-electron chi connectivity index (χ1n) is 5.49. The third-order valence-corrected chi connectivity index (χ3v) is 4.16. The van der Waals surface area contributed by atoms with Gasteiger partial charge in [-0.3, -0.25) is 4.72 Å². The minimum Gasteiger partial charge on any atom is -0.392 e. The summed E-state index contributed by atoms with van der Waals surface area (Å²) in [6.07, 6.45) is 0. The molecule has 100 valence electrons. The molecule has 0 unspecified atom stereocenters. The molecule has 0 amide bonds. The van der Waals surface area contributed by atoms with Crippen LogP contribution in [0.3, 0.4) is 0 Å². The van der Waals surface area contributed by atoms with Crippen molar-refractivity contribution in [1.29, 1.82) is 0 Å². The van der Waals surface area contributed by atoms with E-state index in [1.165, 1.54) is 24.3 Å². The van der Waals surface area contributed by atoms with Gasteiger partial charge in [-0.15, -0.1) is 0 Å². The molecule has 0 aromatic heterocycles. The molecule has 2 N–H and O–H groups in total. The minimum atomic E-state index is -3.62. The van der Waals surface area contributed by atoms with Crippen LogP contribution >= 0.6 is 11.6 Å². The average molecular weight is 298 g/mol. The molecule has 0 radical (unpaired) electrons. The summed E-state index contributed by atoms with van der Waals surface area (Å²) in [6, 6.07) is 12.4.